The normalized spacial score (nSPS) is 10.2. The van der Waals surface area contributed by atoms with Crippen LogP contribution in [0.1, 0.15) is 10.4 Å². The number of rotatable bonds is 3. The van der Waals surface area contributed by atoms with Crippen LogP contribution in [0.25, 0.3) is 11.1 Å². The summed E-state index contributed by atoms with van der Waals surface area (Å²) in [5, 5.41) is 0. The first-order chi connectivity index (χ1) is 9.56. The van der Waals surface area contributed by atoms with Gasteiger partial charge in [0.2, 0.25) is 0 Å². The van der Waals surface area contributed by atoms with Crippen molar-refractivity contribution in [2.24, 2.45) is 0 Å². The Morgan fingerprint density at radius 1 is 0.950 bits per heavy atom. The van der Waals surface area contributed by atoms with E-state index in [1.807, 2.05) is 0 Å². The molecular formula is C15H12F2O3. The summed E-state index contributed by atoms with van der Waals surface area (Å²) in [6.45, 7) is 0. The SMILES string of the molecule is COC(=O)c1c(F)cc(-c2ccc(OC)cc2)cc1F. The zero-order valence-electron chi connectivity index (χ0n) is 10.9. The van der Waals surface area contributed by atoms with Crippen molar-refractivity contribution in [3.63, 3.8) is 0 Å². The molecule has 0 unspecified atom stereocenters. The molecular weight excluding hydrogens is 266 g/mol. The first-order valence-corrected chi connectivity index (χ1v) is 5.78. The zero-order valence-corrected chi connectivity index (χ0v) is 10.9. The Hall–Kier alpha value is -2.43. The molecule has 104 valence electrons. The fourth-order valence-electron chi connectivity index (χ4n) is 1.82. The molecule has 2 aromatic carbocycles. The van der Waals surface area contributed by atoms with Gasteiger partial charge in [-0.3, -0.25) is 0 Å². The van der Waals surface area contributed by atoms with Crippen LogP contribution in [0.4, 0.5) is 8.78 Å². The van der Waals surface area contributed by atoms with Gasteiger partial charge in [-0.25, -0.2) is 13.6 Å². The van der Waals surface area contributed by atoms with Crippen LogP contribution in [0.2, 0.25) is 0 Å². The third-order valence-corrected chi connectivity index (χ3v) is 2.85. The van der Waals surface area contributed by atoms with E-state index in [2.05, 4.69) is 4.74 Å². The fraction of sp³-hybridized carbons (Fsp3) is 0.133. The summed E-state index contributed by atoms with van der Waals surface area (Å²) in [6, 6.07) is 8.89. The number of carbonyl (C=O) groups is 1. The summed E-state index contributed by atoms with van der Waals surface area (Å²) < 4.78 is 37.0. The standard InChI is InChI=1S/C15H12F2O3/c1-19-11-5-3-9(4-6-11)10-7-12(16)14(13(17)8-10)15(18)20-2/h3-8H,1-2H3. The van der Waals surface area contributed by atoms with E-state index in [-0.39, 0.29) is 0 Å². The molecule has 0 fully saturated rings. The Morgan fingerprint density at radius 3 is 1.95 bits per heavy atom. The summed E-state index contributed by atoms with van der Waals surface area (Å²) in [7, 11) is 2.60. The number of halogens is 2. The summed E-state index contributed by atoms with van der Waals surface area (Å²) in [4.78, 5) is 11.3. The summed E-state index contributed by atoms with van der Waals surface area (Å²) in [5.74, 6) is -2.31. The predicted octanol–water partition coefficient (Wildman–Crippen LogP) is 3.43. The maximum Gasteiger partial charge on any atom is 0.343 e. The minimum absolute atomic E-state index is 0.329. The van der Waals surface area contributed by atoms with Gasteiger partial charge >= 0.3 is 5.97 Å². The van der Waals surface area contributed by atoms with E-state index in [9.17, 15) is 13.6 Å². The van der Waals surface area contributed by atoms with Crippen LogP contribution in [0.3, 0.4) is 0 Å². The van der Waals surface area contributed by atoms with Gasteiger partial charge in [-0.05, 0) is 35.4 Å². The third kappa shape index (κ3) is 2.61. The molecule has 0 aromatic heterocycles. The van der Waals surface area contributed by atoms with Gasteiger partial charge in [0.15, 0.2) is 0 Å². The second kappa shape index (κ2) is 5.69. The molecule has 0 amide bonds. The van der Waals surface area contributed by atoms with E-state index in [1.54, 1.807) is 24.3 Å². The fourth-order valence-corrected chi connectivity index (χ4v) is 1.82. The van der Waals surface area contributed by atoms with Gasteiger partial charge in [0, 0.05) is 0 Å². The molecule has 0 bridgehead atoms. The number of hydrogen-bond donors (Lipinski definition) is 0. The van der Waals surface area contributed by atoms with E-state index in [0.29, 0.717) is 16.9 Å². The first-order valence-electron chi connectivity index (χ1n) is 5.78. The number of esters is 1. The van der Waals surface area contributed by atoms with E-state index in [1.165, 1.54) is 7.11 Å². The molecule has 0 radical (unpaired) electrons. The van der Waals surface area contributed by atoms with E-state index in [0.717, 1.165) is 19.2 Å². The Balaban J connectivity index is 2.46. The maximum atomic E-state index is 13.8. The van der Waals surface area contributed by atoms with Gasteiger partial charge in [0.05, 0.1) is 14.2 Å². The quantitative estimate of drug-likeness (QED) is 0.807. The highest BCUT2D eigenvalue weighted by molar-refractivity contribution is 5.90. The van der Waals surface area contributed by atoms with Gasteiger partial charge in [-0.2, -0.15) is 0 Å². The second-order valence-corrected chi connectivity index (χ2v) is 4.03. The Bertz CT molecular complexity index is 613. The summed E-state index contributed by atoms with van der Waals surface area (Å²) in [5.41, 5.74) is 0.250. The number of benzene rings is 2. The average molecular weight is 278 g/mol. The van der Waals surface area contributed by atoms with Gasteiger partial charge < -0.3 is 9.47 Å². The van der Waals surface area contributed by atoms with Crippen molar-refractivity contribution < 1.29 is 23.0 Å². The lowest BCUT2D eigenvalue weighted by molar-refractivity contribution is 0.0590. The van der Waals surface area contributed by atoms with E-state index >= 15 is 0 Å². The van der Waals surface area contributed by atoms with Crippen molar-refractivity contribution in [3.05, 3.63) is 53.6 Å². The van der Waals surface area contributed by atoms with Crippen LogP contribution in [-0.4, -0.2) is 20.2 Å². The lowest BCUT2D eigenvalue weighted by Gasteiger charge is -2.07. The molecule has 0 aliphatic rings. The lowest BCUT2D eigenvalue weighted by atomic mass is 10.0. The highest BCUT2D eigenvalue weighted by Gasteiger charge is 2.19. The van der Waals surface area contributed by atoms with Crippen LogP contribution in [0.5, 0.6) is 5.75 Å². The second-order valence-electron chi connectivity index (χ2n) is 4.03. The van der Waals surface area contributed by atoms with Crippen LogP contribution in [0, 0.1) is 11.6 Å². The third-order valence-electron chi connectivity index (χ3n) is 2.85. The Labute approximate surface area is 114 Å². The van der Waals surface area contributed by atoms with Crippen molar-refractivity contribution in [2.75, 3.05) is 14.2 Å². The molecule has 0 heterocycles. The highest BCUT2D eigenvalue weighted by Crippen LogP contribution is 2.26. The summed E-state index contributed by atoms with van der Waals surface area (Å²) >= 11 is 0. The van der Waals surface area contributed by atoms with Crippen molar-refractivity contribution in [2.45, 2.75) is 0 Å². The molecule has 2 rings (SSSR count). The number of carbonyl (C=O) groups excluding carboxylic acids is 1. The number of methoxy groups -OCH3 is 2. The van der Waals surface area contributed by atoms with Gasteiger partial charge in [0.1, 0.15) is 22.9 Å². The number of ether oxygens (including phenoxy) is 2. The molecule has 0 saturated heterocycles. The van der Waals surface area contributed by atoms with Crippen LogP contribution >= 0.6 is 0 Å². The van der Waals surface area contributed by atoms with E-state index < -0.39 is 23.2 Å². The molecule has 0 saturated carbocycles. The molecule has 0 atom stereocenters. The monoisotopic (exact) mass is 278 g/mol. The van der Waals surface area contributed by atoms with Crippen LogP contribution in [0.15, 0.2) is 36.4 Å². The van der Waals surface area contributed by atoms with Crippen molar-refractivity contribution >= 4 is 5.97 Å². The molecule has 20 heavy (non-hydrogen) atoms. The number of hydrogen-bond acceptors (Lipinski definition) is 3. The zero-order chi connectivity index (χ0) is 14.7. The maximum absolute atomic E-state index is 13.8. The molecule has 2 aromatic rings. The lowest BCUT2D eigenvalue weighted by Crippen LogP contribution is -2.08. The highest BCUT2D eigenvalue weighted by atomic mass is 19.1. The minimum atomic E-state index is -1.04. The topological polar surface area (TPSA) is 35.5 Å². The van der Waals surface area contributed by atoms with Crippen LogP contribution in [-0.2, 0) is 4.74 Å². The first kappa shape index (κ1) is 14.0. The minimum Gasteiger partial charge on any atom is -0.497 e. The van der Waals surface area contributed by atoms with Crippen molar-refractivity contribution in [1.29, 1.82) is 0 Å². The smallest absolute Gasteiger partial charge is 0.343 e. The van der Waals surface area contributed by atoms with Crippen molar-refractivity contribution in [3.8, 4) is 16.9 Å². The molecule has 0 aliphatic heterocycles. The Kier molecular flexibility index (Phi) is 3.98. The largest absolute Gasteiger partial charge is 0.497 e. The van der Waals surface area contributed by atoms with Gasteiger partial charge in [-0.1, -0.05) is 12.1 Å². The molecule has 0 aliphatic carbocycles. The van der Waals surface area contributed by atoms with E-state index in [4.69, 9.17) is 4.74 Å². The predicted molar refractivity (Wildman–Crippen MR) is 69.7 cm³/mol. The molecule has 5 heteroatoms. The molecule has 3 nitrogen and oxygen atoms in total. The Morgan fingerprint density at radius 2 is 1.50 bits per heavy atom. The van der Waals surface area contributed by atoms with Gasteiger partial charge in [0.25, 0.3) is 0 Å². The summed E-state index contributed by atoms with van der Waals surface area (Å²) in [6.07, 6.45) is 0. The molecule has 0 N–H and O–H groups in total. The van der Waals surface area contributed by atoms with Crippen LogP contribution < -0.4 is 4.74 Å². The van der Waals surface area contributed by atoms with Gasteiger partial charge in [-0.15, -0.1) is 0 Å². The molecule has 0 spiro atoms. The average Bonchev–Trinajstić information content (AvgIpc) is 2.46. The van der Waals surface area contributed by atoms with Crippen molar-refractivity contribution in [1.82, 2.24) is 0 Å².